The van der Waals surface area contributed by atoms with E-state index in [-0.39, 0.29) is 11.8 Å². The Morgan fingerprint density at radius 2 is 2.17 bits per heavy atom. The molecule has 1 aliphatic rings. The molecule has 1 N–H and O–H groups in total. The second-order valence-electron chi connectivity index (χ2n) is 5.54. The van der Waals surface area contributed by atoms with Gasteiger partial charge in [0.15, 0.2) is 0 Å². The molecular formula is C16H15Cl2N3O2S. The van der Waals surface area contributed by atoms with Crippen molar-refractivity contribution in [2.24, 2.45) is 0 Å². The third-order valence-electron chi connectivity index (χ3n) is 3.94. The fourth-order valence-electron chi connectivity index (χ4n) is 2.73. The van der Waals surface area contributed by atoms with Crippen molar-refractivity contribution < 1.29 is 9.59 Å². The summed E-state index contributed by atoms with van der Waals surface area (Å²) in [6.07, 6.45) is 1.40. The molecule has 3 rings (SSSR count). The summed E-state index contributed by atoms with van der Waals surface area (Å²) in [6.45, 7) is 2.35. The molecule has 2 heterocycles. The van der Waals surface area contributed by atoms with Gasteiger partial charge in [0.05, 0.1) is 21.9 Å². The Kier molecular flexibility index (Phi) is 5.08. The molecule has 1 saturated heterocycles. The maximum absolute atomic E-state index is 12.7. The number of thiazole rings is 1. The van der Waals surface area contributed by atoms with Gasteiger partial charge in [-0.05, 0) is 38.0 Å². The third-order valence-corrected chi connectivity index (χ3v) is 5.42. The maximum Gasteiger partial charge on any atom is 0.266 e. The highest BCUT2D eigenvalue weighted by atomic mass is 35.5. The van der Waals surface area contributed by atoms with Gasteiger partial charge in [-0.2, -0.15) is 0 Å². The van der Waals surface area contributed by atoms with E-state index in [1.807, 2.05) is 0 Å². The number of nitrogens with one attached hydrogen (secondary N) is 1. The Hall–Kier alpha value is -1.63. The van der Waals surface area contributed by atoms with E-state index in [1.54, 1.807) is 35.5 Å². The number of benzene rings is 1. The molecule has 5 nitrogen and oxygen atoms in total. The van der Waals surface area contributed by atoms with Crippen LogP contribution in [0.25, 0.3) is 0 Å². The van der Waals surface area contributed by atoms with Crippen molar-refractivity contribution in [3.8, 4) is 0 Å². The molecule has 126 valence electrons. The first kappa shape index (κ1) is 17.2. The largest absolute Gasteiger partial charge is 0.326 e. The van der Waals surface area contributed by atoms with Gasteiger partial charge in [-0.3, -0.25) is 9.59 Å². The molecule has 2 amide bonds. The number of nitrogens with zero attached hydrogens (tertiary/aromatic N) is 2. The molecule has 0 saturated carbocycles. The molecule has 2 aromatic rings. The lowest BCUT2D eigenvalue weighted by atomic mass is 10.2. The van der Waals surface area contributed by atoms with Crippen LogP contribution in [0.15, 0.2) is 23.7 Å². The van der Waals surface area contributed by atoms with Crippen molar-refractivity contribution in [1.29, 1.82) is 0 Å². The smallest absolute Gasteiger partial charge is 0.266 e. The second-order valence-corrected chi connectivity index (χ2v) is 7.24. The molecular weight excluding hydrogens is 369 g/mol. The summed E-state index contributed by atoms with van der Waals surface area (Å²) in [4.78, 5) is 31.6. The molecule has 0 unspecified atom stereocenters. The van der Waals surface area contributed by atoms with Crippen LogP contribution in [-0.2, 0) is 4.79 Å². The van der Waals surface area contributed by atoms with Gasteiger partial charge < -0.3 is 10.2 Å². The monoisotopic (exact) mass is 383 g/mol. The molecule has 24 heavy (non-hydrogen) atoms. The van der Waals surface area contributed by atoms with Gasteiger partial charge in [-0.25, -0.2) is 4.98 Å². The highest BCUT2D eigenvalue weighted by Gasteiger charge is 2.35. The summed E-state index contributed by atoms with van der Waals surface area (Å²) in [6, 6.07) is 4.35. The van der Waals surface area contributed by atoms with Crippen LogP contribution >= 0.6 is 34.5 Å². The van der Waals surface area contributed by atoms with Gasteiger partial charge in [0.25, 0.3) is 5.91 Å². The van der Waals surface area contributed by atoms with Crippen LogP contribution in [0, 0.1) is 6.92 Å². The highest BCUT2D eigenvalue weighted by molar-refractivity contribution is 7.11. The van der Waals surface area contributed by atoms with Crippen LogP contribution in [0.5, 0.6) is 0 Å². The first-order valence-electron chi connectivity index (χ1n) is 7.44. The summed E-state index contributed by atoms with van der Waals surface area (Å²) in [7, 11) is 0. The molecule has 0 bridgehead atoms. The number of aryl methyl sites for hydroxylation is 1. The lowest BCUT2D eigenvalue weighted by Gasteiger charge is -2.23. The number of carbonyl (C=O) groups is 2. The molecule has 0 radical (unpaired) electrons. The minimum atomic E-state index is -0.519. The molecule has 1 atom stereocenters. The standard InChI is InChI=1S/C16H15Cl2N3O2S/c1-9-14(24-8-19-9)16(23)21-6-2-3-13(21)15(22)20-12-7-10(17)4-5-11(12)18/h4-5,7-8,13H,2-3,6H2,1H3,(H,20,22)/t13-/m0/s1. The second kappa shape index (κ2) is 7.09. The van der Waals surface area contributed by atoms with Crippen LogP contribution in [-0.4, -0.2) is 34.3 Å². The fourth-order valence-corrected chi connectivity index (χ4v) is 3.82. The van der Waals surface area contributed by atoms with Gasteiger partial charge in [-0.1, -0.05) is 23.2 Å². The molecule has 8 heteroatoms. The summed E-state index contributed by atoms with van der Waals surface area (Å²) in [5.74, 6) is -0.406. The van der Waals surface area contributed by atoms with E-state index >= 15 is 0 Å². The van der Waals surface area contributed by atoms with E-state index in [1.165, 1.54) is 11.3 Å². The van der Waals surface area contributed by atoms with Crippen molar-refractivity contribution in [3.63, 3.8) is 0 Å². The lowest BCUT2D eigenvalue weighted by molar-refractivity contribution is -0.119. The predicted octanol–water partition coefficient (Wildman–Crippen LogP) is 4.00. The van der Waals surface area contributed by atoms with Crippen LogP contribution < -0.4 is 5.32 Å². The van der Waals surface area contributed by atoms with E-state index in [2.05, 4.69) is 10.3 Å². The zero-order chi connectivity index (χ0) is 17.3. The van der Waals surface area contributed by atoms with Gasteiger partial charge in [0, 0.05) is 11.6 Å². The predicted molar refractivity (Wildman–Crippen MR) is 96.0 cm³/mol. The van der Waals surface area contributed by atoms with Crippen molar-refractivity contribution in [2.75, 3.05) is 11.9 Å². The van der Waals surface area contributed by atoms with E-state index in [0.717, 1.165) is 6.42 Å². The average Bonchev–Trinajstić information content (AvgIpc) is 3.19. The molecule has 1 fully saturated rings. The van der Waals surface area contributed by atoms with Gasteiger partial charge in [0.1, 0.15) is 10.9 Å². The Bertz CT molecular complexity index is 793. The number of anilines is 1. The van der Waals surface area contributed by atoms with Crippen molar-refractivity contribution in [3.05, 3.63) is 44.3 Å². The molecule has 1 aromatic heterocycles. The topological polar surface area (TPSA) is 62.3 Å². The number of aromatic nitrogens is 1. The molecule has 1 aromatic carbocycles. The Morgan fingerprint density at radius 1 is 1.38 bits per heavy atom. The van der Waals surface area contributed by atoms with Crippen LogP contribution in [0.1, 0.15) is 28.2 Å². The normalized spacial score (nSPS) is 17.1. The van der Waals surface area contributed by atoms with Crippen LogP contribution in [0.4, 0.5) is 5.69 Å². The summed E-state index contributed by atoms with van der Waals surface area (Å²) >= 11 is 13.3. The van der Waals surface area contributed by atoms with E-state index in [4.69, 9.17) is 23.2 Å². The SMILES string of the molecule is Cc1ncsc1C(=O)N1CCC[C@H]1C(=O)Nc1cc(Cl)ccc1Cl. The summed E-state index contributed by atoms with van der Waals surface area (Å²) in [5, 5.41) is 3.66. The Balaban J connectivity index is 1.78. The van der Waals surface area contributed by atoms with Crippen molar-refractivity contribution in [2.45, 2.75) is 25.8 Å². The number of carbonyl (C=O) groups excluding carboxylic acids is 2. The average molecular weight is 384 g/mol. The van der Waals surface area contributed by atoms with E-state index in [9.17, 15) is 9.59 Å². The quantitative estimate of drug-likeness (QED) is 0.870. The number of hydrogen-bond acceptors (Lipinski definition) is 4. The van der Waals surface area contributed by atoms with Gasteiger partial charge in [-0.15, -0.1) is 11.3 Å². The lowest BCUT2D eigenvalue weighted by Crippen LogP contribution is -2.43. The van der Waals surface area contributed by atoms with Gasteiger partial charge in [0.2, 0.25) is 5.91 Å². The first-order chi connectivity index (χ1) is 11.5. The Morgan fingerprint density at radius 3 is 2.88 bits per heavy atom. The first-order valence-corrected chi connectivity index (χ1v) is 9.08. The van der Waals surface area contributed by atoms with E-state index < -0.39 is 6.04 Å². The minimum absolute atomic E-state index is 0.148. The number of halogens is 2. The van der Waals surface area contributed by atoms with Crippen molar-refractivity contribution >= 4 is 52.0 Å². The number of likely N-dealkylation sites (tertiary alicyclic amines) is 1. The van der Waals surface area contributed by atoms with Crippen LogP contribution in [0.3, 0.4) is 0 Å². The molecule has 0 spiro atoms. The zero-order valence-corrected chi connectivity index (χ0v) is 15.2. The molecule has 1 aliphatic heterocycles. The minimum Gasteiger partial charge on any atom is -0.326 e. The number of rotatable bonds is 3. The van der Waals surface area contributed by atoms with Crippen LogP contribution in [0.2, 0.25) is 10.0 Å². The number of amides is 2. The van der Waals surface area contributed by atoms with Gasteiger partial charge >= 0.3 is 0 Å². The Labute approximate surface area is 153 Å². The maximum atomic E-state index is 12.7. The summed E-state index contributed by atoms with van der Waals surface area (Å²) in [5.41, 5.74) is 2.77. The van der Waals surface area contributed by atoms with Crippen molar-refractivity contribution in [1.82, 2.24) is 9.88 Å². The zero-order valence-electron chi connectivity index (χ0n) is 12.9. The number of hydrogen-bond donors (Lipinski definition) is 1. The van der Waals surface area contributed by atoms with E-state index in [0.29, 0.717) is 39.3 Å². The third kappa shape index (κ3) is 3.41. The fraction of sp³-hybridized carbons (Fsp3) is 0.312. The molecule has 0 aliphatic carbocycles. The summed E-state index contributed by atoms with van der Waals surface area (Å²) < 4.78 is 0. The highest BCUT2D eigenvalue weighted by Crippen LogP contribution is 2.28.